The molecule has 0 saturated carbocycles. The van der Waals surface area contributed by atoms with Crippen LogP contribution in [0.3, 0.4) is 0 Å². The zero-order valence-corrected chi connectivity index (χ0v) is 16.3. The van der Waals surface area contributed by atoms with E-state index in [9.17, 15) is 24.8 Å². The van der Waals surface area contributed by atoms with E-state index >= 15 is 0 Å². The maximum atomic E-state index is 12.8. The summed E-state index contributed by atoms with van der Waals surface area (Å²) in [5.41, 5.74) is 1.90. The average Bonchev–Trinajstić information content (AvgIpc) is 2.97. The third-order valence-electron chi connectivity index (χ3n) is 5.04. The molecule has 29 heavy (non-hydrogen) atoms. The van der Waals surface area contributed by atoms with Gasteiger partial charge in [-0.3, -0.25) is 19.7 Å². The lowest BCUT2D eigenvalue weighted by Crippen LogP contribution is -2.30. The predicted octanol–water partition coefficient (Wildman–Crippen LogP) is 4.13. The first-order valence-corrected chi connectivity index (χ1v) is 9.45. The highest BCUT2D eigenvalue weighted by Gasteiger charge is 2.45. The molecule has 1 amide bonds. The second kappa shape index (κ2) is 8.26. The van der Waals surface area contributed by atoms with E-state index in [2.05, 4.69) is 0 Å². The van der Waals surface area contributed by atoms with Gasteiger partial charge in [-0.1, -0.05) is 43.2 Å². The van der Waals surface area contributed by atoms with Crippen molar-refractivity contribution in [3.8, 4) is 0 Å². The van der Waals surface area contributed by atoms with E-state index in [0.29, 0.717) is 24.1 Å². The molecule has 2 aromatic carbocycles. The Balaban J connectivity index is 2.14. The second-order valence-corrected chi connectivity index (χ2v) is 7.06. The minimum atomic E-state index is -0.788. The molecule has 1 aliphatic heterocycles. The number of hydrogen-bond acceptors (Lipinski definition) is 5. The van der Waals surface area contributed by atoms with Crippen LogP contribution in [0.2, 0.25) is 0 Å². The summed E-state index contributed by atoms with van der Waals surface area (Å²) in [6, 6.07) is 11.9. The molecule has 7 nitrogen and oxygen atoms in total. The van der Waals surface area contributed by atoms with Crippen molar-refractivity contribution in [3.05, 3.63) is 80.9 Å². The topological polar surface area (TPSA) is 101 Å². The van der Waals surface area contributed by atoms with Crippen molar-refractivity contribution in [1.29, 1.82) is 0 Å². The first-order valence-electron chi connectivity index (χ1n) is 9.45. The predicted molar refractivity (Wildman–Crippen MR) is 108 cm³/mol. The molecular weight excluding hydrogens is 372 g/mol. The van der Waals surface area contributed by atoms with Crippen LogP contribution in [0.25, 0.3) is 5.76 Å². The summed E-state index contributed by atoms with van der Waals surface area (Å²) in [7, 11) is 0. The minimum Gasteiger partial charge on any atom is -0.507 e. The van der Waals surface area contributed by atoms with E-state index < -0.39 is 22.7 Å². The van der Waals surface area contributed by atoms with Crippen molar-refractivity contribution < 1.29 is 19.6 Å². The van der Waals surface area contributed by atoms with Gasteiger partial charge in [0.05, 0.1) is 16.5 Å². The molecule has 1 heterocycles. The normalized spacial score (nSPS) is 18.3. The molecule has 0 radical (unpaired) electrons. The molecule has 150 valence electrons. The van der Waals surface area contributed by atoms with Crippen LogP contribution >= 0.6 is 0 Å². The molecule has 0 unspecified atom stereocenters. The number of nitro benzene ring substituents is 1. The highest BCUT2D eigenvalue weighted by atomic mass is 16.6. The van der Waals surface area contributed by atoms with Crippen LogP contribution in [0.15, 0.2) is 54.1 Å². The van der Waals surface area contributed by atoms with Crippen molar-refractivity contribution in [2.45, 2.75) is 32.7 Å². The minimum absolute atomic E-state index is 0.00353. The van der Waals surface area contributed by atoms with Gasteiger partial charge in [-0.15, -0.1) is 0 Å². The number of aryl methyl sites for hydroxylation is 1. The third-order valence-corrected chi connectivity index (χ3v) is 5.04. The number of Topliss-reactive ketones (excluding diaryl/α,β-unsaturated/α-hetero) is 1. The Labute approximate surface area is 168 Å². The van der Waals surface area contributed by atoms with Gasteiger partial charge in [-0.2, -0.15) is 0 Å². The van der Waals surface area contributed by atoms with Gasteiger partial charge in [0.25, 0.3) is 17.4 Å². The number of ketones is 1. The Morgan fingerprint density at radius 1 is 1.10 bits per heavy atom. The second-order valence-electron chi connectivity index (χ2n) is 7.06. The molecule has 7 heteroatoms. The number of non-ortho nitro benzene ring substituents is 1. The average molecular weight is 394 g/mol. The molecule has 0 spiro atoms. The lowest BCUT2D eigenvalue weighted by Gasteiger charge is -2.25. The number of nitrogens with zero attached hydrogens (tertiary/aromatic N) is 2. The SMILES string of the molecule is CCCCN1C(=O)C(=O)/C(=C(/O)c2ccc(C)cc2)[C@@H]1c1ccc([N+](=O)[O-])cc1. The third kappa shape index (κ3) is 3.89. The fourth-order valence-corrected chi connectivity index (χ4v) is 3.43. The summed E-state index contributed by atoms with van der Waals surface area (Å²) < 4.78 is 0. The van der Waals surface area contributed by atoms with E-state index in [4.69, 9.17) is 0 Å². The lowest BCUT2D eigenvalue weighted by molar-refractivity contribution is -0.384. The molecule has 1 fully saturated rings. The van der Waals surface area contributed by atoms with Gasteiger partial charge in [0.1, 0.15) is 5.76 Å². The maximum Gasteiger partial charge on any atom is 0.295 e. The van der Waals surface area contributed by atoms with Crippen LogP contribution in [0.5, 0.6) is 0 Å². The molecule has 1 N–H and O–H groups in total. The van der Waals surface area contributed by atoms with E-state index in [-0.39, 0.29) is 17.0 Å². The highest BCUT2D eigenvalue weighted by molar-refractivity contribution is 6.46. The monoisotopic (exact) mass is 394 g/mol. The van der Waals surface area contributed by atoms with Crippen molar-refractivity contribution in [2.75, 3.05) is 6.54 Å². The summed E-state index contributed by atoms with van der Waals surface area (Å²) in [4.78, 5) is 37.4. The number of hydrogen-bond donors (Lipinski definition) is 1. The van der Waals surface area contributed by atoms with Crippen molar-refractivity contribution in [1.82, 2.24) is 4.90 Å². The van der Waals surface area contributed by atoms with Crippen LogP contribution in [0.4, 0.5) is 5.69 Å². The number of aliphatic hydroxyl groups is 1. The van der Waals surface area contributed by atoms with Crippen LogP contribution in [0.1, 0.15) is 42.5 Å². The number of carbonyl (C=O) groups excluding carboxylic acids is 2. The van der Waals surface area contributed by atoms with Gasteiger partial charge in [-0.05, 0) is 31.0 Å². The molecule has 1 atom stereocenters. The fraction of sp³-hybridized carbons (Fsp3) is 0.273. The van der Waals surface area contributed by atoms with E-state index in [1.54, 1.807) is 12.1 Å². The largest absolute Gasteiger partial charge is 0.507 e. The summed E-state index contributed by atoms with van der Waals surface area (Å²) in [6.07, 6.45) is 1.52. The first-order chi connectivity index (χ1) is 13.8. The van der Waals surface area contributed by atoms with Crippen molar-refractivity contribution in [2.24, 2.45) is 0 Å². The highest BCUT2D eigenvalue weighted by Crippen LogP contribution is 2.39. The number of benzene rings is 2. The van der Waals surface area contributed by atoms with E-state index in [1.807, 2.05) is 26.0 Å². The zero-order valence-electron chi connectivity index (χ0n) is 16.3. The number of carbonyl (C=O) groups is 2. The summed E-state index contributed by atoms with van der Waals surface area (Å²) in [5, 5.41) is 21.9. The van der Waals surface area contributed by atoms with Crippen LogP contribution in [-0.4, -0.2) is 33.2 Å². The fourth-order valence-electron chi connectivity index (χ4n) is 3.43. The first kappa shape index (κ1) is 20.3. The summed E-state index contributed by atoms with van der Waals surface area (Å²) >= 11 is 0. The molecule has 3 rings (SSSR count). The molecule has 2 aromatic rings. The molecule has 0 bridgehead atoms. The van der Waals surface area contributed by atoms with Crippen LogP contribution in [-0.2, 0) is 9.59 Å². The Morgan fingerprint density at radius 3 is 2.28 bits per heavy atom. The van der Waals surface area contributed by atoms with E-state index in [1.165, 1.54) is 29.2 Å². The maximum absolute atomic E-state index is 12.8. The number of unbranched alkanes of at least 4 members (excludes halogenated alkanes) is 1. The Kier molecular flexibility index (Phi) is 5.77. The molecule has 0 aromatic heterocycles. The lowest BCUT2D eigenvalue weighted by atomic mass is 9.95. The van der Waals surface area contributed by atoms with Gasteiger partial charge in [0.15, 0.2) is 0 Å². The smallest absolute Gasteiger partial charge is 0.295 e. The molecule has 1 saturated heterocycles. The van der Waals surface area contributed by atoms with Crippen molar-refractivity contribution in [3.63, 3.8) is 0 Å². The number of aliphatic hydroxyl groups excluding tert-OH is 1. The standard InChI is InChI=1S/C22H22N2O5/c1-3-4-13-23-19(15-9-11-17(12-10-15)24(28)29)18(21(26)22(23)27)20(25)16-7-5-14(2)6-8-16/h5-12,19,25H,3-4,13H2,1-2H3/b20-18+/t19-/m0/s1. The Hall–Kier alpha value is -3.48. The van der Waals surface area contributed by atoms with Crippen LogP contribution in [0, 0.1) is 17.0 Å². The number of amides is 1. The zero-order chi connectivity index (χ0) is 21.1. The molecule has 1 aliphatic rings. The number of rotatable bonds is 6. The summed E-state index contributed by atoms with van der Waals surface area (Å²) in [5.74, 6) is -1.66. The van der Waals surface area contributed by atoms with Gasteiger partial charge in [0.2, 0.25) is 0 Å². The Morgan fingerprint density at radius 2 is 1.72 bits per heavy atom. The number of nitro groups is 1. The van der Waals surface area contributed by atoms with Gasteiger partial charge in [0, 0.05) is 24.2 Å². The molecule has 0 aliphatic carbocycles. The quantitative estimate of drug-likeness (QED) is 0.261. The van der Waals surface area contributed by atoms with Crippen molar-refractivity contribution >= 4 is 23.1 Å². The van der Waals surface area contributed by atoms with Crippen LogP contribution < -0.4 is 0 Å². The summed E-state index contributed by atoms with van der Waals surface area (Å²) in [6.45, 7) is 4.24. The van der Waals surface area contributed by atoms with Gasteiger partial charge >= 0.3 is 0 Å². The van der Waals surface area contributed by atoms with E-state index in [0.717, 1.165) is 12.0 Å². The number of likely N-dealkylation sites (tertiary alicyclic amines) is 1. The van der Waals surface area contributed by atoms with Gasteiger partial charge in [-0.25, -0.2) is 0 Å². The Bertz CT molecular complexity index is 977. The van der Waals surface area contributed by atoms with Gasteiger partial charge < -0.3 is 10.0 Å². The molecular formula is C22H22N2O5.